The summed E-state index contributed by atoms with van der Waals surface area (Å²) in [6.07, 6.45) is 5.68. The molecule has 0 radical (unpaired) electrons. The monoisotopic (exact) mass is 294 g/mol. The quantitative estimate of drug-likeness (QED) is 0.887. The summed E-state index contributed by atoms with van der Waals surface area (Å²) < 4.78 is 1.29. The number of carbonyl (C=O) groups is 2. The molecule has 0 aromatic carbocycles. The van der Waals surface area contributed by atoms with Crippen LogP contribution in [0.25, 0.3) is 0 Å². The Bertz CT molecular complexity index is 524. The summed E-state index contributed by atoms with van der Waals surface area (Å²) in [6, 6.07) is 0. The van der Waals surface area contributed by atoms with Crippen molar-refractivity contribution < 1.29 is 14.7 Å². The minimum absolute atomic E-state index is 0.0288. The predicted molar refractivity (Wildman–Crippen MR) is 75.8 cm³/mol. The van der Waals surface area contributed by atoms with Crippen LogP contribution in [0.5, 0.6) is 0 Å². The molecule has 116 valence electrons. The van der Waals surface area contributed by atoms with Gasteiger partial charge in [0.15, 0.2) is 5.69 Å². The van der Waals surface area contributed by atoms with Gasteiger partial charge in [-0.05, 0) is 24.7 Å². The van der Waals surface area contributed by atoms with Gasteiger partial charge in [0.2, 0.25) is 5.91 Å². The molecule has 7 heteroatoms. The third-order valence-corrected chi connectivity index (χ3v) is 4.04. The molecule has 0 spiro atoms. The molecule has 2 rings (SSSR count). The van der Waals surface area contributed by atoms with Crippen LogP contribution in [-0.2, 0) is 11.3 Å². The minimum atomic E-state index is -1.14. The lowest BCUT2D eigenvalue weighted by Crippen LogP contribution is -2.46. The molecular formula is C14H22N4O3. The van der Waals surface area contributed by atoms with E-state index in [1.54, 1.807) is 0 Å². The number of carboxylic acids is 1. The fourth-order valence-corrected chi connectivity index (χ4v) is 3.05. The Morgan fingerprint density at radius 3 is 2.86 bits per heavy atom. The number of aromatic carboxylic acids is 1. The predicted octanol–water partition coefficient (Wildman–Crippen LogP) is 1.41. The highest BCUT2D eigenvalue weighted by Gasteiger charge is 2.32. The second kappa shape index (κ2) is 6.24. The Morgan fingerprint density at radius 2 is 2.24 bits per heavy atom. The Kier molecular flexibility index (Phi) is 4.59. The van der Waals surface area contributed by atoms with Crippen LogP contribution in [0.2, 0.25) is 0 Å². The van der Waals surface area contributed by atoms with E-state index in [0.717, 1.165) is 38.8 Å². The SMILES string of the molecule is CCCC1(C)CCCN(C(=O)Cn2cc(C(=O)O)nn2)C1. The van der Waals surface area contributed by atoms with Gasteiger partial charge >= 0.3 is 5.97 Å². The van der Waals surface area contributed by atoms with Gasteiger partial charge in [0.1, 0.15) is 6.54 Å². The zero-order valence-electron chi connectivity index (χ0n) is 12.6. The summed E-state index contributed by atoms with van der Waals surface area (Å²) in [5.74, 6) is -1.17. The topological polar surface area (TPSA) is 88.3 Å². The minimum Gasteiger partial charge on any atom is -0.476 e. The number of amides is 1. The highest BCUT2D eigenvalue weighted by Crippen LogP contribution is 2.33. The van der Waals surface area contributed by atoms with Gasteiger partial charge in [-0.3, -0.25) is 4.79 Å². The van der Waals surface area contributed by atoms with E-state index in [0.29, 0.717) is 0 Å². The Balaban J connectivity index is 1.97. The van der Waals surface area contributed by atoms with E-state index in [-0.39, 0.29) is 23.6 Å². The van der Waals surface area contributed by atoms with E-state index in [2.05, 4.69) is 24.2 Å². The summed E-state index contributed by atoms with van der Waals surface area (Å²) in [6.45, 7) is 5.96. The van der Waals surface area contributed by atoms with Gasteiger partial charge in [-0.1, -0.05) is 25.5 Å². The van der Waals surface area contributed by atoms with Crippen LogP contribution < -0.4 is 0 Å². The van der Waals surface area contributed by atoms with Gasteiger partial charge in [0, 0.05) is 13.1 Å². The van der Waals surface area contributed by atoms with Crippen molar-refractivity contribution in [3.8, 4) is 0 Å². The summed E-state index contributed by atoms with van der Waals surface area (Å²) in [4.78, 5) is 24.9. The molecule has 1 aliphatic heterocycles. The van der Waals surface area contributed by atoms with Gasteiger partial charge < -0.3 is 10.0 Å². The standard InChI is InChI=1S/C14H22N4O3/c1-3-5-14(2)6-4-7-17(10-14)12(19)9-18-8-11(13(20)21)15-16-18/h8H,3-7,9-10H2,1-2H3,(H,20,21). The van der Waals surface area contributed by atoms with Crippen molar-refractivity contribution in [2.75, 3.05) is 13.1 Å². The Labute approximate surface area is 123 Å². The summed E-state index contributed by atoms with van der Waals surface area (Å²) in [7, 11) is 0. The third kappa shape index (κ3) is 3.80. The second-order valence-corrected chi connectivity index (χ2v) is 6.09. The smallest absolute Gasteiger partial charge is 0.358 e. The molecule has 1 saturated heterocycles. The number of carbonyl (C=O) groups excluding carboxylic acids is 1. The summed E-state index contributed by atoms with van der Waals surface area (Å²) >= 11 is 0. The number of hydrogen-bond donors (Lipinski definition) is 1. The third-order valence-electron chi connectivity index (χ3n) is 4.04. The van der Waals surface area contributed by atoms with E-state index in [1.807, 2.05) is 4.90 Å². The molecular weight excluding hydrogens is 272 g/mol. The van der Waals surface area contributed by atoms with E-state index in [4.69, 9.17) is 5.11 Å². The van der Waals surface area contributed by atoms with Crippen molar-refractivity contribution in [1.29, 1.82) is 0 Å². The molecule has 1 amide bonds. The Hall–Kier alpha value is -1.92. The van der Waals surface area contributed by atoms with Crippen LogP contribution in [0.4, 0.5) is 0 Å². The molecule has 1 fully saturated rings. The molecule has 1 aromatic heterocycles. The summed E-state index contributed by atoms with van der Waals surface area (Å²) in [5.41, 5.74) is 0.0503. The zero-order chi connectivity index (χ0) is 15.5. The average molecular weight is 294 g/mol. The Morgan fingerprint density at radius 1 is 1.48 bits per heavy atom. The maximum Gasteiger partial charge on any atom is 0.358 e. The van der Waals surface area contributed by atoms with E-state index >= 15 is 0 Å². The second-order valence-electron chi connectivity index (χ2n) is 6.09. The van der Waals surface area contributed by atoms with Gasteiger partial charge in [-0.15, -0.1) is 5.10 Å². The van der Waals surface area contributed by atoms with Crippen molar-refractivity contribution in [1.82, 2.24) is 19.9 Å². The first-order valence-corrected chi connectivity index (χ1v) is 7.35. The van der Waals surface area contributed by atoms with E-state index in [9.17, 15) is 9.59 Å². The molecule has 0 bridgehead atoms. The number of nitrogens with zero attached hydrogens (tertiary/aromatic N) is 4. The van der Waals surface area contributed by atoms with Crippen LogP contribution >= 0.6 is 0 Å². The lowest BCUT2D eigenvalue weighted by atomic mass is 9.78. The fraction of sp³-hybridized carbons (Fsp3) is 0.714. The lowest BCUT2D eigenvalue weighted by molar-refractivity contribution is -0.135. The molecule has 0 aliphatic carbocycles. The molecule has 1 aliphatic rings. The van der Waals surface area contributed by atoms with Crippen LogP contribution in [0, 0.1) is 5.41 Å². The maximum atomic E-state index is 12.3. The number of likely N-dealkylation sites (tertiary alicyclic amines) is 1. The average Bonchev–Trinajstić information content (AvgIpc) is 2.87. The van der Waals surface area contributed by atoms with E-state index < -0.39 is 5.97 Å². The van der Waals surface area contributed by atoms with Crippen molar-refractivity contribution in [2.45, 2.75) is 46.1 Å². The first kappa shape index (κ1) is 15.5. The van der Waals surface area contributed by atoms with Gasteiger partial charge in [0.25, 0.3) is 0 Å². The van der Waals surface area contributed by atoms with Crippen LogP contribution in [0.1, 0.15) is 50.0 Å². The van der Waals surface area contributed by atoms with Gasteiger partial charge in [-0.2, -0.15) is 0 Å². The van der Waals surface area contributed by atoms with Crippen molar-refractivity contribution >= 4 is 11.9 Å². The zero-order valence-corrected chi connectivity index (χ0v) is 12.6. The summed E-state index contributed by atoms with van der Waals surface area (Å²) in [5, 5.41) is 16.0. The molecule has 1 N–H and O–H groups in total. The number of rotatable bonds is 5. The van der Waals surface area contributed by atoms with Crippen LogP contribution in [-0.4, -0.2) is 50.0 Å². The van der Waals surface area contributed by atoms with E-state index in [1.165, 1.54) is 10.9 Å². The largest absolute Gasteiger partial charge is 0.476 e. The van der Waals surface area contributed by atoms with Crippen LogP contribution in [0.15, 0.2) is 6.20 Å². The molecule has 1 unspecified atom stereocenters. The van der Waals surface area contributed by atoms with Crippen molar-refractivity contribution in [3.05, 3.63) is 11.9 Å². The number of aromatic nitrogens is 3. The van der Waals surface area contributed by atoms with Crippen molar-refractivity contribution in [2.24, 2.45) is 5.41 Å². The normalized spacial score (nSPS) is 22.3. The van der Waals surface area contributed by atoms with Crippen molar-refractivity contribution in [3.63, 3.8) is 0 Å². The van der Waals surface area contributed by atoms with Gasteiger partial charge in [0.05, 0.1) is 6.20 Å². The molecule has 21 heavy (non-hydrogen) atoms. The van der Waals surface area contributed by atoms with Gasteiger partial charge in [-0.25, -0.2) is 9.48 Å². The molecule has 1 atom stereocenters. The number of carboxylic acid groups (broad SMARTS) is 1. The number of hydrogen-bond acceptors (Lipinski definition) is 4. The molecule has 7 nitrogen and oxygen atoms in total. The first-order chi connectivity index (χ1) is 9.93. The maximum absolute atomic E-state index is 12.3. The highest BCUT2D eigenvalue weighted by molar-refractivity contribution is 5.84. The molecule has 2 heterocycles. The molecule has 1 aromatic rings. The highest BCUT2D eigenvalue weighted by atomic mass is 16.4. The lowest BCUT2D eigenvalue weighted by Gasteiger charge is -2.40. The van der Waals surface area contributed by atoms with Crippen LogP contribution in [0.3, 0.4) is 0 Å². The number of piperidine rings is 1. The first-order valence-electron chi connectivity index (χ1n) is 7.35. The fourth-order valence-electron chi connectivity index (χ4n) is 3.05. The molecule has 0 saturated carbocycles.